The van der Waals surface area contributed by atoms with E-state index >= 15 is 0 Å². The average Bonchev–Trinajstić information content (AvgIpc) is 2.46. The molecule has 106 valence electrons. The van der Waals surface area contributed by atoms with E-state index in [-0.39, 0.29) is 11.4 Å². The Labute approximate surface area is 118 Å². The minimum Gasteiger partial charge on any atom is -0.372 e. The van der Waals surface area contributed by atoms with Crippen LogP contribution in [0, 0.1) is 6.92 Å². The van der Waals surface area contributed by atoms with Gasteiger partial charge in [-0.05, 0) is 30.7 Å². The van der Waals surface area contributed by atoms with Gasteiger partial charge >= 0.3 is 0 Å². The first-order valence-electron chi connectivity index (χ1n) is 6.07. The van der Waals surface area contributed by atoms with Gasteiger partial charge in [0.15, 0.2) is 0 Å². The number of rotatable bonds is 5. The number of aromatic nitrogens is 2. The van der Waals surface area contributed by atoms with Gasteiger partial charge < -0.3 is 5.32 Å². The highest BCUT2D eigenvalue weighted by Gasteiger charge is 2.18. The molecule has 0 spiro atoms. The van der Waals surface area contributed by atoms with E-state index in [9.17, 15) is 8.42 Å². The Hall–Kier alpha value is -1.99. The molecule has 0 atom stereocenters. The first-order chi connectivity index (χ1) is 9.54. The van der Waals surface area contributed by atoms with Crippen molar-refractivity contribution in [2.75, 3.05) is 12.4 Å². The maximum Gasteiger partial charge on any atom is 0.244 e. The number of sulfonamides is 1. The van der Waals surface area contributed by atoms with Crippen LogP contribution in [0.2, 0.25) is 0 Å². The summed E-state index contributed by atoms with van der Waals surface area (Å²) in [7, 11) is -2.00. The van der Waals surface area contributed by atoms with Crippen molar-refractivity contribution in [3.8, 4) is 0 Å². The monoisotopic (exact) mass is 292 g/mol. The molecule has 2 rings (SSSR count). The quantitative estimate of drug-likeness (QED) is 0.868. The van der Waals surface area contributed by atoms with Gasteiger partial charge in [-0.2, -0.15) is 0 Å². The van der Waals surface area contributed by atoms with Crippen LogP contribution in [0.1, 0.15) is 11.3 Å². The summed E-state index contributed by atoms with van der Waals surface area (Å²) in [4.78, 5) is 8.27. The van der Waals surface area contributed by atoms with Crippen molar-refractivity contribution in [1.29, 1.82) is 0 Å². The Morgan fingerprint density at radius 1 is 1.15 bits per heavy atom. The first kappa shape index (κ1) is 14.4. The predicted molar refractivity (Wildman–Crippen MR) is 76.8 cm³/mol. The fourth-order valence-electron chi connectivity index (χ4n) is 1.74. The SMILES string of the molecule is CNc1ncccc1S(=O)(=O)NCc1ncccc1C. The molecule has 7 heteroatoms. The molecular weight excluding hydrogens is 276 g/mol. The number of nitrogens with zero attached hydrogens (tertiary/aromatic N) is 2. The third-order valence-electron chi connectivity index (χ3n) is 2.84. The Bertz CT molecular complexity index is 701. The molecule has 2 aromatic rings. The first-order valence-corrected chi connectivity index (χ1v) is 7.56. The summed E-state index contributed by atoms with van der Waals surface area (Å²) in [5.74, 6) is 0.317. The lowest BCUT2D eigenvalue weighted by atomic mass is 10.2. The minimum absolute atomic E-state index is 0.121. The molecule has 0 radical (unpaired) electrons. The molecule has 2 heterocycles. The highest BCUT2D eigenvalue weighted by molar-refractivity contribution is 7.89. The standard InChI is InChI=1S/C13H16N4O2S/c1-10-5-3-7-15-11(10)9-17-20(18,19)12-6-4-8-16-13(12)14-2/h3-8,17H,9H2,1-2H3,(H,14,16). The lowest BCUT2D eigenvalue weighted by Crippen LogP contribution is -2.25. The molecule has 6 nitrogen and oxygen atoms in total. The van der Waals surface area contributed by atoms with Gasteiger partial charge in [0.25, 0.3) is 0 Å². The second kappa shape index (κ2) is 5.98. The highest BCUT2D eigenvalue weighted by Crippen LogP contribution is 2.17. The summed E-state index contributed by atoms with van der Waals surface area (Å²) in [6.07, 6.45) is 3.17. The fourth-order valence-corrected chi connectivity index (χ4v) is 2.89. The average molecular weight is 292 g/mol. The molecule has 0 aliphatic heterocycles. The summed E-state index contributed by atoms with van der Waals surface area (Å²) in [6, 6.07) is 6.79. The summed E-state index contributed by atoms with van der Waals surface area (Å²) in [6.45, 7) is 2.03. The zero-order valence-electron chi connectivity index (χ0n) is 11.3. The highest BCUT2D eigenvalue weighted by atomic mass is 32.2. The molecule has 0 aliphatic rings. The Morgan fingerprint density at radius 3 is 2.55 bits per heavy atom. The topological polar surface area (TPSA) is 84.0 Å². The number of anilines is 1. The van der Waals surface area contributed by atoms with Gasteiger partial charge in [-0.1, -0.05) is 6.07 Å². The van der Waals surface area contributed by atoms with Crippen LogP contribution in [0.25, 0.3) is 0 Å². The maximum atomic E-state index is 12.3. The lowest BCUT2D eigenvalue weighted by Gasteiger charge is -2.10. The summed E-state index contributed by atoms with van der Waals surface area (Å²) >= 11 is 0. The summed E-state index contributed by atoms with van der Waals surface area (Å²) in [5, 5.41) is 2.77. The molecule has 0 bridgehead atoms. The molecule has 0 amide bonds. The largest absolute Gasteiger partial charge is 0.372 e. The van der Waals surface area contributed by atoms with E-state index < -0.39 is 10.0 Å². The van der Waals surface area contributed by atoms with Crippen molar-refractivity contribution in [2.45, 2.75) is 18.4 Å². The number of nitrogens with one attached hydrogen (secondary N) is 2. The predicted octanol–water partition coefficient (Wildman–Crippen LogP) is 1.31. The van der Waals surface area contributed by atoms with Crippen molar-refractivity contribution in [3.63, 3.8) is 0 Å². The zero-order valence-corrected chi connectivity index (χ0v) is 12.1. The number of pyridine rings is 2. The molecule has 20 heavy (non-hydrogen) atoms. The van der Waals surface area contributed by atoms with Crippen molar-refractivity contribution >= 4 is 15.8 Å². The molecule has 2 aromatic heterocycles. The van der Waals surface area contributed by atoms with E-state index in [4.69, 9.17) is 0 Å². The van der Waals surface area contributed by atoms with Crippen LogP contribution in [-0.4, -0.2) is 25.4 Å². The van der Waals surface area contributed by atoms with Gasteiger partial charge in [0.2, 0.25) is 10.0 Å². The molecule has 2 N–H and O–H groups in total. The smallest absolute Gasteiger partial charge is 0.244 e. The molecule has 0 saturated carbocycles. The normalized spacial score (nSPS) is 11.3. The van der Waals surface area contributed by atoms with E-state index in [1.165, 1.54) is 12.3 Å². The van der Waals surface area contributed by atoms with Crippen LogP contribution in [0.15, 0.2) is 41.6 Å². The molecule has 0 aromatic carbocycles. The molecule has 0 unspecified atom stereocenters. The van der Waals surface area contributed by atoms with Crippen LogP contribution in [0.5, 0.6) is 0 Å². The van der Waals surface area contributed by atoms with Crippen LogP contribution in [-0.2, 0) is 16.6 Å². The van der Waals surface area contributed by atoms with Crippen molar-refractivity contribution in [3.05, 3.63) is 47.9 Å². The van der Waals surface area contributed by atoms with Gasteiger partial charge in [-0.3, -0.25) is 4.98 Å². The fraction of sp³-hybridized carbons (Fsp3) is 0.231. The van der Waals surface area contributed by atoms with Gasteiger partial charge in [-0.15, -0.1) is 0 Å². The summed E-state index contributed by atoms with van der Waals surface area (Å²) in [5.41, 5.74) is 1.64. The molecule has 0 saturated heterocycles. The number of hydrogen-bond donors (Lipinski definition) is 2. The van der Waals surface area contributed by atoms with Crippen LogP contribution in [0.4, 0.5) is 5.82 Å². The summed E-state index contributed by atoms with van der Waals surface area (Å²) < 4.78 is 27.1. The number of hydrogen-bond acceptors (Lipinski definition) is 5. The molecular formula is C13H16N4O2S. The second-order valence-corrected chi connectivity index (χ2v) is 5.93. The van der Waals surface area contributed by atoms with E-state index in [1.54, 1.807) is 19.3 Å². The van der Waals surface area contributed by atoms with Crippen molar-refractivity contribution in [2.24, 2.45) is 0 Å². The minimum atomic E-state index is -3.63. The van der Waals surface area contributed by atoms with E-state index in [2.05, 4.69) is 20.0 Å². The maximum absolute atomic E-state index is 12.3. The Balaban J connectivity index is 2.22. The molecule has 0 aliphatic carbocycles. The van der Waals surface area contributed by atoms with Crippen molar-refractivity contribution in [1.82, 2.24) is 14.7 Å². The van der Waals surface area contributed by atoms with E-state index in [0.717, 1.165) is 5.56 Å². The second-order valence-electron chi connectivity index (χ2n) is 4.19. The van der Waals surface area contributed by atoms with Crippen LogP contribution < -0.4 is 10.0 Å². The van der Waals surface area contributed by atoms with E-state index in [1.807, 2.05) is 19.1 Å². The third kappa shape index (κ3) is 3.12. The number of aryl methyl sites for hydroxylation is 1. The van der Waals surface area contributed by atoms with E-state index in [0.29, 0.717) is 11.5 Å². The van der Waals surface area contributed by atoms with Crippen LogP contribution >= 0.6 is 0 Å². The van der Waals surface area contributed by atoms with Gasteiger partial charge in [0, 0.05) is 19.4 Å². The lowest BCUT2D eigenvalue weighted by molar-refractivity contribution is 0.580. The Morgan fingerprint density at radius 2 is 1.85 bits per heavy atom. The zero-order chi connectivity index (χ0) is 14.6. The van der Waals surface area contributed by atoms with Gasteiger partial charge in [-0.25, -0.2) is 18.1 Å². The third-order valence-corrected chi connectivity index (χ3v) is 4.28. The van der Waals surface area contributed by atoms with Crippen molar-refractivity contribution < 1.29 is 8.42 Å². The van der Waals surface area contributed by atoms with Gasteiger partial charge in [0.05, 0.1) is 12.2 Å². The Kier molecular flexibility index (Phi) is 4.31. The van der Waals surface area contributed by atoms with Gasteiger partial charge in [0.1, 0.15) is 10.7 Å². The molecule has 0 fully saturated rings. The van der Waals surface area contributed by atoms with Crippen LogP contribution in [0.3, 0.4) is 0 Å².